The molecule has 8 heteroatoms. The smallest absolute Gasteiger partial charge is 0.328 e. The molecule has 1 aliphatic rings. The Morgan fingerprint density at radius 3 is 2.24 bits per heavy atom. The van der Waals surface area contributed by atoms with E-state index in [0.29, 0.717) is 31.4 Å². The molecule has 1 aliphatic heterocycles. The van der Waals surface area contributed by atoms with Crippen LogP contribution >= 0.6 is 0 Å². The summed E-state index contributed by atoms with van der Waals surface area (Å²) < 4.78 is 4.86. The van der Waals surface area contributed by atoms with Crippen molar-refractivity contribution in [2.45, 2.75) is 45.2 Å². The number of amides is 3. The summed E-state index contributed by atoms with van der Waals surface area (Å²) in [6.07, 6.45) is 6.25. The van der Waals surface area contributed by atoms with Crippen LogP contribution in [0, 0.1) is 5.92 Å². The van der Waals surface area contributed by atoms with Gasteiger partial charge in [0.1, 0.15) is 17.8 Å². The van der Waals surface area contributed by atoms with Gasteiger partial charge in [-0.2, -0.15) is 0 Å². The van der Waals surface area contributed by atoms with Crippen molar-refractivity contribution < 1.29 is 23.9 Å². The standard InChI is InChI=1S/C30H35N3O5/c1-21(2)19-25(30(37)38-3)32-28(35)24(20-23-13-8-5-9-14-23)31-29(36)26-15-10-18-33(26)27(34)17-16-22-11-6-4-7-12-22/h4-9,11-14,16-17,20-21,25-26H,10,15,18-19H2,1-3H3,(H,31,36)(H,32,35)/b17-16+,24-20-/t25-,26-/m0/s1. The van der Waals surface area contributed by atoms with Gasteiger partial charge >= 0.3 is 5.97 Å². The van der Waals surface area contributed by atoms with E-state index in [0.717, 1.165) is 5.56 Å². The van der Waals surface area contributed by atoms with Gasteiger partial charge in [0.15, 0.2) is 0 Å². The van der Waals surface area contributed by atoms with Crippen molar-refractivity contribution in [3.63, 3.8) is 0 Å². The van der Waals surface area contributed by atoms with Crippen LogP contribution in [0.1, 0.15) is 44.2 Å². The largest absolute Gasteiger partial charge is 0.467 e. The predicted molar refractivity (Wildman–Crippen MR) is 146 cm³/mol. The van der Waals surface area contributed by atoms with Crippen molar-refractivity contribution in [2.24, 2.45) is 5.92 Å². The Balaban J connectivity index is 1.79. The fraction of sp³-hybridized carbons (Fsp3) is 0.333. The first-order valence-corrected chi connectivity index (χ1v) is 12.8. The predicted octanol–water partition coefficient (Wildman–Crippen LogP) is 3.55. The number of hydrogen-bond donors (Lipinski definition) is 2. The molecule has 3 amide bonds. The van der Waals surface area contributed by atoms with Crippen molar-refractivity contribution in [1.29, 1.82) is 0 Å². The minimum atomic E-state index is -0.865. The maximum Gasteiger partial charge on any atom is 0.328 e. The molecule has 2 N–H and O–H groups in total. The van der Waals surface area contributed by atoms with Crippen molar-refractivity contribution in [3.8, 4) is 0 Å². The van der Waals surface area contributed by atoms with Crippen LogP contribution in [-0.4, -0.2) is 54.3 Å². The van der Waals surface area contributed by atoms with Gasteiger partial charge in [0.25, 0.3) is 5.91 Å². The summed E-state index contributed by atoms with van der Waals surface area (Å²) in [6.45, 7) is 4.31. The first-order valence-electron chi connectivity index (χ1n) is 12.8. The molecule has 2 aromatic rings. The highest BCUT2D eigenvalue weighted by Crippen LogP contribution is 2.19. The van der Waals surface area contributed by atoms with E-state index in [1.54, 1.807) is 24.3 Å². The average Bonchev–Trinajstić information content (AvgIpc) is 3.42. The van der Waals surface area contributed by atoms with Crippen LogP contribution in [0.2, 0.25) is 0 Å². The Bertz CT molecular complexity index is 1170. The zero-order valence-electron chi connectivity index (χ0n) is 22.1. The van der Waals surface area contributed by atoms with E-state index in [1.807, 2.05) is 62.4 Å². The molecule has 0 aromatic heterocycles. The second-order valence-corrected chi connectivity index (χ2v) is 9.57. The summed E-state index contributed by atoms with van der Waals surface area (Å²) in [6, 6.07) is 16.9. The number of carbonyl (C=O) groups excluding carboxylic acids is 4. The fourth-order valence-electron chi connectivity index (χ4n) is 4.28. The molecular formula is C30H35N3O5. The summed E-state index contributed by atoms with van der Waals surface area (Å²) in [5, 5.41) is 5.42. The van der Waals surface area contributed by atoms with Crippen LogP contribution in [0.5, 0.6) is 0 Å². The Kier molecular flexibility index (Phi) is 10.4. The number of hydrogen-bond acceptors (Lipinski definition) is 5. The minimum Gasteiger partial charge on any atom is -0.467 e. The molecule has 0 radical (unpaired) electrons. The lowest BCUT2D eigenvalue weighted by Crippen LogP contribution is -2.49. The first-order chi connectivity index (χ1) is 18.3. The third-order valence-corrected chi connectivity index (χ3v) is 6.17. The highest BCUT2D eigenvalue weighted by atomic mass is 16.5. The van der Waals surface area contributed by atoms with E-state index in [4.69, 9.17) is 4.74 Å². The van der Waals surface area contributed by atoms with Gasteiger partial charge in [-0.05, 0) is 48.5 Å². The zero-order valence-corrected chi connectivity index (χ0v) is 22.1. The minimum absolute atomic E-state index is 0.0158. The number of nitrogens with one attached hydrogen (secondary N) is 2. The number of esters is 1. The second kappa shape index (κ2) is 13.9. The molecule has 2 atom stereocenters. The van der Waals surface area contributed by atoms with E-state index >= 15 is 0 Å². The van der Waals surface area contributed by atoms with Gasteiger partial charge in [0.05, 0.1) is 7.11 Å². The highest BCUT2D eigenvalue weighted by Gasteiger charge is 2.34. The normalized spacial score (nSPS) is 16.4. The molecule has 3 rings (SSSR count). The summed E-state index contributed by atoms with van der Waals surface area (Å²) in [7, 11) is 1.27. The van der Waals surface area contributed by atoms with Crippen LogP contribution in [0.15, 0.2) is 72.4 Å². The first kappa shape index (κ1) is 28.4. The fourth-order valence-corrected chi connectivity index (χ4v) is 4.28. The quantitative estimate of drug-likeness (QED) is 0.371. The van der Waals surface area contributed by atoms with Gasteiger partial charge in [0.2, 0.25) is 11.8 Å². The molecule has 200 valence electrons. The Labute approximate surface area is 223 Å². The van der Waals surface area contributed by atoms with Crippen molar-refractivity contribution in [2.75, 3.05) is 13.7 Å². The topological polar surface area (TPSA) is 105 Å². The van der Waals surface area contributed by atoms with Crippen molar-refractivity contribution >= 4 is 35.8 Å². The monoisotopic (exact) mass is 517 g/mol. The Morgan fingerprint density at radius 2 is 1.63 bits per heavy atom. The van der Waals surface area contributed by atoms with E-state index in [-0.39, 0.29) is 17.5 Å². The third-order valence-electron chi connectivity index (χ3n) is 6.17. The number of ether oxygens (including phenoxy) is 1. The number of benzene rings is 2. The number of carbonyl (C=O) groups is 4. The third kappa shape index (κ3) is 8.16. The van der Waals surface area contributed by atoms with E-state index in [2.05, 4.69) is 10.6 Å². The SMILES string of the molecule is COC(=O)[C@H](CC(C)C)NC(=O)/C(=C/c1ccccc1)NC(=O)[C@@H]1CCCN1C(=O)/C=C/c1ccccc1. The Morgan fingerprint density at radius 1 is 1.00 bits per heavy atom. The lowest BCUT2D eigenvalue weighted by atomic mass is 10.0. The maximum atomic E-state index is 13.4. The van der Waals surface area contributed by atoms with Gasteiger partial charge < -0.3 is 20.3 Å². The number of methoxy groups -OCH3 is 1. The van der Waals surface area contributed by atoms with E-state index < -0.39 is 29.9 Å². The Hall–Kier alpha value is -4.20. The molecular weight excluding hydrogens is 482 g/mol. The molecule has 0 bridgehead atoms. The molecule has 1 heterocycles. The second-order valence-electron chi connectivity index (χ2n) is 9.57. The molecule has 38 heavy (non-hydrogen) atoms. The summed E-state index contributed by atoms with van der Waals surface area (Å²) in [4.78, 5) is 53.4. The van der Waals surface area contributed by atoms with Crippen molar-refractivity contribution in [1.82, 2.24) is 15.5 Å². The van der Waals surface area contributed by atoms with Crippen molar-refractivity contribution in [3.05, 3.63) is 83.6 Å². The lowest BCUT2D eigenvalue weighted by molar-refractivity contribution is -0.145. The molecule has 0 unspecified atom stereocenters. The maximum absolute atomic E-state index is 13.4. The molecule has 2 aromatic carbocycles. The number of nitrogens with zero attached hydrogens (tertiary/aromatic N) is 1. The average molecular weight is 518 g/mol. The summed E-state index contributed by atoms with van der Waals surface area (Å²) in [5.41, 5.74) is 1.56. The number of rotatable bonds is 10. The van der Waals surface area contributed by atoms with Gasteiger partial charge in [0, 0.05) is 12.6 Å². The van der Waals surface area contributed by atoms with Gasteiger partial charge in [-0.15, -0.1) is 0 Å². The van der Waals surface area contributed by atoms with E-state index in [1.165, 1.54) is 18.1 Å². The molecule has 0 aliphatic carbocycles. The summed E-state index contributed by atoms with van der Waals surface area (Å²) >= 11 is 0. The number of likely N-dealkylation sites (tertiary alicyclic amines) is 1. The van der Waals surface area contributed by atoms with Crippen LogP contribution in [0.25, 0.3) is 12.2 Å². The highest BCUT2D eigenvalue weighted by molar-refractivity contribution is 6.04. The van der Waals surface area contributed by atoms with Gasteiger partial charge in [-0.3, -0.25) is 14.4 Å². The molecule has 1 fully saturated rings. The van der Waals surface area contributed by atoms with Crippen LogP contribution in [0.3, 0.4) is 0 Å². The van der Waals surface area contributed by atoms with Crippen LogP contribution in [-0.2, 0) is 23.9 Å². The van der Waals surface area contributed by atoms with Crippen LogP contribution < -0.4 is 10.6 Å². The molecule has 1 saturated heterocycles. The lowest BCUT2D eigenvalue weighted by Gasteiger charge is -2.24. The summed E-state index contributed by atoms with van der Waals surface area (Å²) in [5.74, 6) is -1.78. The van der Waals surface area contributed by atoms with Gasteiger partial charge in [-0.25, -0.2) is 4.79 Å². The van der Waals surface area contributed by atoms with Crippen LogP contribution in [0.4, 0.5) is 0 Å². The van der Waals surface area contributed by atoms with Gasteiger partial charge in [-0.1, -0.05) is 74.5 Å². The molecule has 0 saturated carbocycles. The zero-order chi connectivity index (χ0) is 27.5. The molecule has 8 nitrogen and oxygen atoms in total. The van der Waals surface area contributed by atoms with E-state index in [9.17, 15) is 19.2 Å². The molecule has 0 spiro atoms.